The van der Waals surface area contributed by atoms with E-state index in [2.05, 4.69) is 19.6 Å². The van der Waals surface area contributed by atoms with Crippen molar-refractivity contribution in [2.24, 2.45) is 0 Å². The molecule has 1 aromatic carbocycles. The van der Waals surface area contributed by atoms with Crippen LogP contribution in [0.15, 0.2) is 36.9 Å². The summed E-state index contributed by atoms with van der Waals surface area (Å²) in [5.41, 5.74) is 2.40. The van der Waals surface area contributed by atoms with Gasteiger partial charge in [0.15, 0.2) is 0 Å². The first-order chi connectivity index (χ1) is 7.19. The van der Waals surface area contributed by atoms with Gasteiger partial charge in [0, 0.05) is 13.1 Å². The van der Waals surface area contributed by atoms with Crippen LogP contribution in [0.25, 0.3) is 0 Å². The molecule has 0 heterocycles. The average molecular weight is 203 g/mol. The van der Waals surface area contributed by atoms with Crippen LogP contribution in [0.4, 0.5) is 0 Å². The number of nitrogens with zero attached hydrogens (tertiary/aromatic N) is 1. The zero-order valence-electron chi connectivity index (χ0n) is 9.36. The second kappa shape index (κ2) is 5.35. The molecule has 1 aromatic rings. The largest absolute Gasteiger partial charge is 0.335 e. The molecule has 0 aliphatic heterocycles. The van der Waals surface area contributed by atoms with Crippen molar-refractivity contribution in [1.29, 1.82) is 0 Å². The van der Waals surface area contributed by atoms with E-state index < -0.39 is 0 Å². The molecule has 0 radical (unpaired) electrons. The third kappa shape index (κ3) is 2.94. The van der Waals surface area contributed by atoms with Crippen LogP contribution in [0.2, 0.25) is 0 Å². The van der Waals surface area contributed by atoms with Gasteiger partial charge in [-0.25, -0.2) is 0 Å². The van der Waals surface area contributed by atoms with Gasteiger partial charge in [-0.15, -0.1) is 0 Å². The fourth-order valence-electron chi connectivity index (χ4n) is 1.47. The van der Waals surface area contributed by atoms with Gasteiger partial charge in [-0.1, -0.05) is 30.8 Å². The second-order valence-corrected chi connectivity index (χ2v) is 3.48. The average Bonchev–Trinajstić information content (AvgIpc) is 2.27. The van der Waals surface area contributed by atoms with Crippen molar-refractivity contribution in [3.05, 3.63) is 48.0 Å². The summed E-state index contributed by atoms with van der Waals surface area (Å²) in [7, 11) is 0. The van der Waals surface area contributed by atoms with Gasteiger partial charge in [-0.2, -0.15) is 0 Å². The van der Waals surface area contributed by atoms with E-state index in [0.29, 0.717) is 13.1 Å². The van der Waals surface area contributed by atoms with E-state index in [0.717, 1.165) is 0 Å². The molecule has 0 bridgehead atoms. The molecule has 0 saturated heterocycles. The highest BCUT2D eigenvalue weighted by atomic mass is 16.2. The summed E-state index contributed by atoms with van der Waals surface area (Å²) in [6.45, 7) is 8.90. The van der Waals surface area contributed by atoms with Crippen molar-refractivity contribution in [1.82, 2.24) is 4.90 Å². The highest BCUT2D eigenvalue weighted by molar-refractivity contribution is 5.86. The van der Waals surface area contributed by atoms with Crippen molar-refractivity contribution in [2.45, 2.75) is 20.4 Å². The summed E-state index contributed by atoms with van der Waals surface area (Å²) in [6.07, 6.45) is 1.36. The van der Waals surface area contributed by atoms with E-state index >= 15 is 0 Å². The summed E-state index contributed by atoms with van der Waals surface area (Å²) in [5.74, 6) is -0.0132. The van der Waals surface area contributed by atoms with E-state index in [-0.39, 0.29) is 5.91 Å². The maximum absolute atomic E-state index is 11.5. The number of rotatable bonds is 4. The Bertz CT molecular complexity index is 357. The van der Waals surface area contributed by atoms with Crippen molar-refractivity contribution >= 4 is 5.91 Å². The van der Waals surface area contributed by atoms with E-state index in [1.54, 1.807) is 4.90 Å². The minimum absolute atomic E-state index is 0.0132. The lowest BCUT2D eigenvalue weighted by Crippen LogP contribution is -2.28. The molecule has 15 heavy (non-hydrogen) atoms. The number of amides is 1. The Morgan fingerprint density at radius 1 is 1.47 bits per heavy atom. The molecule has 2 nitrogen and oxygen atoms in total. The molecule has 0 aromatic heterocycles. The maximum atomic E-state index is 11.5. The Morgan fingerprint density at radius 3 is 2.67 bits per heavy atom. The van der Waals surface area contributed by atoms with Crippen LogP contribution in [0.3, 0.4) is 0 Å². The standard InChI is InChI=1S/C13H17NO/c1-4-13(15)14(5-2)10-12-9-7-6-8-11(12)3/h4,6-9H,1,5,10H2,2-3H3. The second-order valence-electron chi connectivity index (χ2n) is 3.48. The monoisotopic (exact) mass is 203 g/mol. The molecule has 80 valence electrons. The van der Waals surface area contributed by atoms with Crippen LogP contribution in [0, 0.1) is 6.92 Å². The fourth-order valence-corrected chi connectivity index (χ4v) is 1.47. The Morgan fingerprint density at radius 2 is 2.13 bits per heavy atom. The molecular formula is C13H17NO. The molecule has 0 aliphatic carbocycles. The van der Waals surface area contributed by atoms with Gasteiger partial charge in [0.1, 0.15) is 0 Å². The predicted molar refractivity (Wildman–Crippen MR) is 62.5 cm³/mol. The molecule has 0 unspecified atom stereocenters. The van der Waals surface area contributed by atoms with Crippen LogP contribution in [-0.2, 0) is 11.3 Å². The van der Waals surface area contributed by atoms with Crippen LogP contribution in [0.5, 0.6) is 0 Å². The summed E-state index contributed by atoms with van der Waals surface area (Å²) in [4.78, 5) is 13.2. The summed E-state index contributed by atoms with van der Waals surface area (Å²) < 4.78 is 0. The van der Waals surface area contributed by atoms with Crippen LogP contribution in [-0.4, -0.2) is 17.4 Å². The molecule has 0 aliphatic rings. The summed E-state index contributed by atoms with van der Waals surface area (Å²) >= 11 is 0. The lowest BCUT2D eigenvalue weighted by Gasteiger charge is -2.20. The molecule has 0 atom stereocenters. The predicted octanol–water partition coefficient (Wildman–Crippen LogP) is 2.53. The van der Waals surface area contributed by atoms with Gasteiger partial charge in [0.2, 0.25) is 5.91 Å². The maximum Gasteiger partial charge on any atom is 0.246 e. The number of hydrogen-bond acceptors (Lipinski definition) is 1. The van der Waals surface area contributed by atoms with Crippen molar-refractivity contribution in [3.8, 4) is 0 Å². The number of aryl methyl sites for hydroxylation is 1. The number of hydrogen-bond donors (Lipinski definition) is 0. The van der Waals surface area contributed by atoms with Gasteiger partial charge in [-0.3, -0.25) is 4.79 Å². The van der Waals surface area contributed by atoms with E-state index in [1.165, 1.54) is 17.2 Å². The number of carbonyl (C=O) groups is 1. The first-order valence-corrected chi connectivity index (χ1v) is 5.15. The van der Waals surface area contributed by atoms with Crippen molar-refractivity contribution in [3.63, 3.8) is 0 Å². The van der Waals surface area contributed by atoms with Gasteiger partial charge < -0.3 is 4.90 Å². The van der Waals surface area contributed by atoms with Crippen LogP contribution >= 0.6 is 0 Å². The zero-order valence-corrected chi connectivity index (χ0v) is 9.36. The zero-order chi connectivity index (χ0) is 11.3. The lowest BCUT2D eigenvalue weighted by atomic mass is 10.1. The summed E-state index contributed by atoms with van der Waals surface area (Å²) in [6, 6.07) is 8.11. The molecule has 0 spiro atoms. The number of carbonyl (C=O) groups excluding carboxylic acids is 1. The van der Waals surface area contributed by atoms with Crippen LogP contribution < -0.4 is 0 Å². The number of likely N-dealkylation sites (N-methyl/N-ethyl adjacent to an activating group) is 1. The molecule has 0 N–H and O–H groups in total. The normalized spacial score (nSPS) is 9.73. The highest BCUT2D eigenvalue weighted by Crippen LogP contribution is 2.10. The molecule has 1 amide bonds. The summed E-state index contributed by atoms with van der Waals surface area (Å²) in [5, 5.41) is 0. The molecule has 0 fully saturated rings. The Kier molecular flexibility index (Phi) is 4.10. The van der Waals surface area contributed by atoms with Crippen LogP contribution in [0.1, 0.15) is 18.1 Å². The smallest absolute Gasteiger partial charge is 0.246 e. The van der Waals surface area contributed by atoms with Gasteiger partial charge in [-0.05, 0) is 31.1 Å². The minimum Gasteiger partial charge on any atom is -0.335 e. The topological polar surface area (TPSA) is 20.3 Å². The van der Waals surface area contributed by atoms with Gasteiger partial charge >= 0.3 is 0 Å². The molecule has 2 heteroatoms. The van der Waals surface area contributed by atoms with E-state index in [4.69, 9.17) is 0 Å². The molecule has 1 rings (SSSR count). The fraction of sp³-hybridized carbons (Fsp3) is 0.308. The molecule has 0 saturated carbocycles. The SMILES string of the molecule is C=CC(=O)N(CC)Cc1ccccc1C. The minimum atomic E-state index is -0.0132. The third-order valence-electron chi connectivity index (χ3n) is 2.49. The quantitative estimate of drug-likeness (QED) is 0.689. The Labute approximate surface area is 91.2 Å². The van der Waals surface area contributed by atoms with Crippen molar-refractivity contribution < 1.29 is 4.79 Å². The van der Waals surface area contributed by atoms with Gasteiger partial charge in [0.25, 0.3) is 0 Å². The first-order valence-electron chi connectivity index (χ1n) is 5.15. The third-order valence-corrected chi connectivity index (χ3v) is 2.49. The Hall–Kier alpha value is -1.57. The molecular weight excluding hydrogens is 186 g/mol. The lowest BCUT2D eigenvalue weighted by molar-refractivity contribution is -0.126. The Balaban J connectivity index is 2.79. The van der Waals surface area contributed by atoms with Gasteiger partial charge in [0.05, 0.1) is 0 Å². The van der Waals surface area contributed by atoms with E-state index in [9.17, 15) is 4.79 Å². The van der Waals surface area contributed by atoms with Crippen molar-refractivity contribution in [2.75, 3.05) is 6.54 Å². The highest BCUT2D eigenvalue weighted by Gasteiger charge is 2.09. The first kappa shape index (κ1) is 11.5. The number of benzene rings is 1. The van der Waals surface area contributed by atoms with E-state index in [1.807, 2.05) is 25.1 Å².